The van der Waals surface area contributed by atoms with Gasteiger partial charge in [0.05, 0.1) is 40.6 Å². The summed E-state index contributed by atoms with van der Waals surface area (Å²) in [6.45, 7) is 4.15. The number of halogens is 3. The Morgan fingerprint density at radius 3 is 2.44 bits per heavy atom. The molecule has 1 saturated heterocycles. The van der Waals surface area contributed by atoms with E-state index < -0.39 is 0 Å². The molecule has 184 valence electrons. The molecule has 5 nitrogen and oxygen atoms in total. The summed E-state index contributed by atoms with van der Waals surface area (Å²) in [6, 6.07) is 18.9. The maximum Gasteiger partial charge on any atom is 0.174 e. The van der Waals surface area contributed by atoms with Crippen molar-refractivity contribution in [3.8, 4) is 11.4 Å². The Balaban J connectivity index is 1.69. The molecule has 1 N–H and O–H groups in total. The monoisotopic (exact) mass is 556 g/mol. The smallest absolute Gasteiger partial charge is 0.174 e. The minimum atomic E-state index is -0.192. The topological polar surface area (TPSA) is 42.3 Å². The molecule has 9 heteroatoms. The van der Waals surface area contributed by atoms with E-state index >= 15 is 0 Å². The SMILES string of the molecule is COc1ccc(N2C(=S)NC(c3ccccn3)C2c2cc(C)n(-c3ccc(Cl)cc3Cl)c2C)cc1Cl. The van der Waals surface area contributed by atoms with Crippen molar-refractivity contribution in [3.63, 3.8) is 0 Å². The molecule has 2 unspecified atom stereocenters. The summed E-state index contributed by atoms with van der Waals surface area (Å²) in [4.78, 5) is 6.74. The van der Waals surface area contributed by atoms with E-state index in [1.807, 2.05) is 48.5 Å². The number of benzene rings is 2. The van der Waals surface area contributed by atoms with Crippen LogP contribution in [0.1, 0.15) is 34.7 Å². The zero-order valence-electron chi connectivity index (χ0n) is 19.8. The first kappa shape index (κ1) is 24.9. The number of rotatable bonds is 5. The second-order valence-corrected chi connectivity index (χ2v) is 10.2. The minimum absolute atomic E-state index is 0.186. The number of anilines is 1. The fraction of sp³-hybridized carbons (Fsp3) is 0.185. The lowest BCUT2D eigenvalue weighted by Crippen LogP contribution is -2.29. The number of ether oxygens (including phenoxy) is 1. The van der Waals surface area contributed by atoms with Gasteiger partial charge >= 0.3 is 0 Å². The summed E-state index contributed by atoms with van der Waals surface area (Å²) in [5.74, 6) is 0.604. The standard InChI is InChI=1S/C27H23Cl3N4OS/c1-15-12-19(16(2)33(15)23-9-7-17(28)13-20(23)29)26-25(22-6-4-5-11-31-22)32-27(36)34(26)18-8-10-24(35-3)21(30)14-18/h4-14,25-26H,1-3H3,(H,32,36). The van der Waals surface area contributed by atoms with Crippen LogP contribution >= 0.6 is 47.0 Å². The first-order valence-corrected chi connectivity index (χ1v) is 12.8. The van der Waals surface area contributed by atoms with E-state index in [1.54, 1.807) is 19.4 Å². The van der Waals surface area contributed by atoms with E-state index in [0.717, 1.165) is 34.0 Å². The summed E-state index contributed by atoms with van der Waals surface area (Å²) < 4.78 is 7.51. The molecule has 0 aliphatic carbocycles. The third kappa shape index (κ3) is 4.33. The van der Waals surface area contributed by atoms with E-state index in [9.17, 15) is 0 Å². The van der Waals surface area contributed by atoms with Crippen molar-refractivity contribution >= 4 is 57.8 Å². The molecule has 0 bridgehead atoms. The van der Waals surface area contributed by atoms with Gasteiger partial charge in [0.2, 0.25) is 0 Å². The summed E-state index contributed by atoms with van der Waals surface area (Å²) in [7, 11) is 1.60. The summed E-state index contributed by atoms with van der Waals surface area (Å²) in [5, 5.41) is 5.77. The fourth-order valence-electron chi connectivity index (χ4n) is 4.87. The van der Waals surface area contributed by atoms with Crippen molar-refractivity contribution < 1.29 is 4.74 Å². The van der Waals surface area contributed by atoms with Crippen LogP contribution in [0.5, 0.6) is 5.75 Å². The van der Waals surface area contributed by atoms with Crippen LogP contribution < -0.4 is 15.0 Å². The van der Waals surface area contributed by atoms with Gasteiger partial charge in [0.25, 0.3) is 0 Å². The maximum absolute atomic E-state index is 6.61. The molecule has 2 aromatic heterocycles. The Kier molecular flexibility index (Phi) is 6.88. The lowest BCUT2D eigenvalue weighted by Gasteiger charge is -2.28. The summed E-state index contributed by atoms with van der Waals surface area (Å²) in [5.41, 5.74) is 5.78. The highest BCUT2D eigenvalue weighted by Crippen LogP contribution is 2.45. The molecule has 1 aliphatic heterocycles. The number of pyridine rings is 1. The highest BCUT2D eigenvalue weighted by molar-refractivity contribution is 7.80. The highest BCUT2D eigenvalue weighted by Gasteiger charge is 2.42. The van der Waals surface area contributed by atoms with Crippen molar-refractivity contribution in [2.24, 2.45) is 0 Å². The average Bonchev–Trinajstić information content (AvgIpc) is 3.35. The first-order valence-electron chi connectivity index (χ1n) is 11.3. The van der Waals surface area contributed by atoms with E-state index in [4.69, 9.17) is 51.8 Å². The zero-order chi connectivity index (χ0) is 25.6. The zero-order valence-corrected chi connectivity index (χ0v) is 22.9. The van der Waals surface area contributed by atoms with Gasteiger partial charge in [-0.15, -0.1) is 0 Å². The van der Waals surface area contributed by atoms with Gasteiger partial charge in [-0.1, -0.05) is 40.9 Å². The molecule has 5 rings (SSSR count). The lowest BCUT2D eigenvalue weighted by atomic mass is 9.96. The van der Waals surface area contributed by atoms with Crippen LogP contribution in [0.15, 0.2) is 66.9 Å². The van der Waals surface area contributed by atoms with Gasteiger partial charge in [-0.25, -0.2) is 0 Å². The Bertz CT molecular complexity index is 1460. The van der Waals surface area contributed by atoms with Gasteiger partial charge < -0.3 is 19.5 Å². The molecule has 2 atom stereocenters. The van der Waals surface area contributed by atoms with Crippen LogP contribution in [0.2, 0.25) is 15.1 Å². The number of hydrogen-bond donors (Lipinski definition) is 1. The van der Waals surface area contributed by atoms with Crippen LogP contribution in [0.25, 0.3) is 5.69 Å². The Morgan fingerprint density at radius 1 is 0.972 bits per heavy atom. The van der Waals surface area contributed by atoms with Crippen LogP contribution in [0.4, 0.5) is 5.69 Å². The van der Waals surface area contributed by atoms with Gasteiger partial charge in [0.1, 0.15) is 5.75 Å². The molecule has 4 aromatic rings. The number of aromatic nitrogens is 2. The van der Waals surface area contributed by atoms with Crippen LogP contribution in [0.3, 0.4) is 0 Å². The summed E-state index contributed by atoms with van der Waals surface area (Å²) >= 11 is 25.2. The first-order chi connectivity index (χ1) is 17.3. The van der Waals surface area contributed by atoms with Crippen molar-refractivity contribution in [2.45, 2.75) is 25.9 Å². The number of aryl methyl sites for hydroxylation is 1. The van der Waals surface area contributed by atoms with E-state index in [1.165, 1.54) is 0 Å². The largest absolute Gasteiger partial charge is 0.495 e. The molecule has 0 radical (unpaired) electrons. The number of methoxy groups -OCH3 is 1. The molecule has 3 heterocycles. The second-order valence-electron chi connectivity index (χ2n) is 8.57. The Morgan fingerprint density at radius 2 is 1.78 bits per heavy atom. The second kappa shape index (κ2) is 9.94. The van der Waals surface area contributed by atoms with Crippen molar-refractivity contribution in [1.82, 2.24) is 14.9 Å². The fourth-order valence-corrected chi connectivity index (χ4v) is 5.97. The molecule has 0 amide bonds. The third-order valence-electron chi connectivity index (χ3n) is 6.45. The summed E-state index contributed by atoms with van der Waals surface area (Å²) in [6.07, 6.45) is 1.79. The van der Waals surface area contributed by atoms with Crippen molar-refractivity contribution in [1.29, 1.82) is 0 Å². The van der Waals surface area contributed by atoms with Gasteiger partial charge in [0.15, 0.2) is 5.11 Å². The van der Waals surface area contributed by atoms with Gasteiger partial charge in [-0.2, -0.15) is 0 Å². The van der Waals surface area contributed by atoms with Crippen molar-refractivity contribution in [3.05, 3.63) is 105 Å². The molecule has 0 saturated carbocycles. The van der Waals surface area contributed by atoms with E-state index in [0.29, 0.717) is 25.9 Å². The lowest BCUT2D eigenvalue weighted by molar-refractivity contribution is 0.415. The van der Waals surface area contributed by atoms with E-state index in [2.05, 4.69) is 39.7 Å². The molecular formula is C27H23Cl3N4OS. The van der Waals surface area contributed by atoms with Gasteiger partial charge in [-0.3, -0.25) is 4.98 Å². The highest BCUT2D eigenvalue weighted by atomic mass is 35.5. The maximum atomic E-state index is 6.61. The number of nitrogens with one attached hydrogen (secondary N) is 1. The molecular weight excluding hydrogens is 535 g/mol. The molecule has 0 spiro atoms. The molecule has 2 aromatic carbocycles. The van der Waals surface area contributed by atoms with Gasteiger partial charge in [-0.05, 0) is 86.2 Å². The average molecular weight is 558 g/mol. The predicted octanol–water partition coefficient (Wildman–Crippen LogP) is 7.64. The van der Waals surface area contributed by atoms with Crippen LogP contribution in [0, 0.1) is 13.8 Å². The van der Waals surface area contributed by atoms with E-state index in [-0.39, 0.29) is 12.1 Å². The number of hydrogen-bond acceptors (Lipinski definition) is 3. The number of thiocarbonyl (C=S) groups is 1. The quantitative estimate of drug-likeness (QED) is 0.256. The third-order valence-corrected chi connectivity index (χ3v) is 7.60. The van der Waals surface area contributed by atoms with Crippen molar-refractivity contribution in [2.75, 3.05) is 12.0 Å². The number of nitrogens with zero attached hydrogens (tertiary/aromatic N) is 3. The molecule has 1 aliphatic rings. The Hall–Kier alpha value is -2.77. The van der Waals surface area contributed by atoms with Gasteiger partial charge in [0, 0.05) is 28.3 Å². The predicted molar refractivity (Wildman–Crippen MR) is 151 cm³/mol. The van der Waals surface area contributed by atoms with Crippen LogP contribution in [-0.2, 0) is 0 Å². The minimum Gasteiger partial charge on any atom is -0.495 e. The molecule has 1 fully saturated rings. The normalized spacial score (nSPS) is 17.4. The molecule has 36 heavy (non-hydrogen) atoms. The Labute approximate surface area is 230 Å². The van der Waals surface area contributed by atoms with Crippen LogP contribution in [-0.4, -0.2) is 21.8 Å².